The Labute approximate surface area is 159 Å². The van der Waals surface area contributed by atoms with Crippen LogP contribution in [0.25, 0.3) is 0 Å². The zero-order chi connectivity index (χ0) is 18.5. The van der Waals surface area contributed by atoms with Gasteiger partial charge in [0.25, 0.3) is 5.91 Å². The van der Waals surface area contributed by atoms with Crippen molar-refractivity contribution >= 4 is 33.3 Å². The van der Waals surface area contributed by atoms with E-state index < -0.39 is 5.82 Å². The average molecular weight is 412 g/mol. The second-order valence-corrected chi connectivity index (χ2v) is 6.66. The van der Waals surface area contributed by atoms with Crippen LogP contribution in [0.15, 0.2) is 77.3 Å². The van der Waals surface area contributed by atoms with Gasteiger partial charge in [-0.3, -0.25) is 9.59 Å². The van der Waals surface area contributed by atoms with Gasteiger partial charge in [-0.05, 0) is 42.0 Å². The van der Waals surface area contributed by atoms with Gasteiger partial charge in [0.1, 0.15) is 5.82 Å². The van der Waals surface area contributed by atoms with Gasteiger partial charge < -0.3 is 5.32 Å². The van der Waals surface area contributed by atoms with E-state index in [2.05, 4.69) is 21.2 Å². The lowest BCUT2D eigenvalue weighted by molar-refractivity contribution is 0.0993. The maximum Gasteiger partial charge on any atom is 0.255 e. The van der Waals surface area contributed by atoms with Crippen molar-refractivity contribution in [3.8, 4) is 0 Å². The highest BCUT2D eigenvalue weighted by Gasteiger charge is 2.16. The van der Waals surface area contributed by atoms with Gasteiger partial charge in [0.2, 0.25) is 0 Å². The standard InChI is InChI=1S/C21H15BrFNO2/c22-16-8-4-7-15(12-16)21(26)24-19-10-9-17(23)13-18(19)20(25)11-14-5-2-1-3-6-14/h1-10,12-13H,11H2,(H,24,26). The maximum atomic E-state index is 13.7. The first-order valence-electron chi connectivity index (χ1n) is 7.96. The number of halogens is 2. The number of carbonyl (C=O) groups excluding carboxylic acids is 2. The lowest BCUT2D eigenvalue weighted by Crippen LogP contribution is -2.16. The van der Waals surface area contributed by atoms with Crippen molar-refractivity contribution in [3.63, 3.8) is 0 Å². The highest BCUT2D eigenvalue weighted by Crippen LogP contribution is 2.21. The van der Waals surface area contributed by atoms with Gasteiger partial charge in [-0.1, -0.05) is 52.3 Å². The van der Waals surface area contributed by atoms with Crippen LogP contribution in [-0.4, -0.2) is 11.7 Å². The minimum Gasteiger partial charge on any atom is -0.321 e. The van der Waals surface area contributed by atoms with E-state index in [1.807, 2.05) is 36.4 Å². The van der Waals surface area contributed by atoms with E-state index in [-0.39, 0.29) is 29.4 Å². The lowest BCUT2D eigenvalue weighted by Gasteiger charge is -2.11. The smallest absolute Gasteiger partial charge is 0.255 e. The number of ketones is 1. The molecule has 3 aromatic rings. The third-order valence-electron chi connectivity index (χ3n) is 3.82. The van der Waals surface area contributed by atoms with Crippen LogP contribution >= 0.6 is 15.9 Å². The predicted molar refractivity (Wildman–Crippen MR) is 103 cm³/mol. The number of benzene rings is 3. The summed E-state index contributed by atoms with van der Waals surface area (Å²) >= 11 is 3.32. The van der Waals surface area contributed by atoms with Gasteiger partial charge in [0.15, 0.2) is 5.78 Å². The molecule has 1 amide bonds. The topological polar surface area (TPSA) is 46.2 Å². The third kappa shape index (κ3) is 4.43. The predicted octanol–water partition coefficient (Wildman–Crippen LogP) is 5.27. The number of anilines is 1. The van der Waals surface area contributed by atoms with E-state index in [0.717, 1.165) is 16.1 Å². The normalized spacial score (nSPS) is 10.4. The van der Waals surface area contributed by atoms with E-state index in [1.165, 1.54) is 12.1 Å². The second kappa shape index (κ2) is 8.06. The molecule has 0 heterocycles. The van der Waals surface area contributed by atoms with Crippen LogP contribution in [0.3, 0.4) is 0 Å². The zero-order valence-electron chi connectivity index (χ0n) is 13.7. The fourth-order valence-electron chi connectivity index (χ4n) is 2.56. The van der Waals surface area contributed by atoms with Crippen molar-refractivity contribution in [2.75, 3.05) is 5.32 Å². The van der Waals surface area contributed by atoms with E-state index in [0.29, 0.717) is 5.56 Å². The van der Waals surface area contributed by atoms with Gasteiger partial charge in [0, 0.05) is 22.0 Å². The summed E-state index contributed by atoms with van der Waals surface area (Å²) in [7, 11) is 0. The summed E-state index contributed by atoms with van der Waals surface area (Å²) in [6, 6.07) is 19.9. The van der Waals surface area contributed by atoms with Crippen molar-refractivity contribution in [1.82, 2.24) is 0 Å². The third-order valence-corrected chi connectivity index (χ3v) is 4.32. The van der Waals surface area contributed by atoms with E-state index in [9.17, 15) is 14.0 Å². The van der Waals surface area contributed by atoms with Gasteiger partial charge in [-0.15, -0.1) is 0 Å². The highest BCUT2D eigenvalue weighted by atomic mass is 79.9. The monoisotopic (exact) mass is 411 g/mol. The summed E-state index contributed by atoms with van der Waals surface area (Å²) < 4.78 is 14.5. The molecule has 1 N–H and O–H groups in total. The Hall–Kier alpha value is -2.79. The molecule has 3 aromatic carbocycles. The average Bonchev–Trinajstić information content (AvgIpc) is 2.64. The van der Waals surface area contributed by atoms with Crippen LogP contribution in [0, 0.1) is 5.82 Å². The molecule has 0 aliphatic heterocycles. The number of rotatable bonds is 5. The largest absolute Gasteiger partial charge is 0.321 e. The molecule has 130 valence electrons. The Morgan fingerprint density at radius 1 is 0.923 bits per heavy atom. The van der Waals surface area contributed by atoms with Gasteiger partial charge in [0.05, 0.1) is 5.69 Å². The van der Waals surface area contributed by atoms with E-state index in [1.54, 1.807) is 18.2 Å². The Kier molecular flexibility index (Phi) is 5.58. The van der Waals surface area contributed by atoms with Crippen LogP contribution in [0.5, 0.6) is 0 Å². The van der Waals surface area contributed by atoms with Crippen molar-refractivity contribution in [1.29, 1.82) is 0 Å². The Morgan fingerprint density at radius 2 is 1.69 bits per heavy atom. The molecule has 26 heavy (non-hydrogen) atoms. The van der Waals surface area contributed by atoms with Gasteiger partial charge >= 0.3 is 0 Å². The summed E-state index contributed by atoms with van der Waals surface area (Å²) in [6.45, 7) is 0. The molecule has 0 fully saturated rings. The fraction of sp³-hybridized carbons (Fsp3) is 0.0476. The first-order chi connectivity index (χ1) is 12.5. The van der Waals surface area contributed by atoms with E-state index >= 15 is 0 Å². The van der Waals surface area contributed by atoms with Crippen LogP contribution in [0.2, 0.25) is 0 Å². The van der Waals surface area contributed by atoms with Crippen molar-refractivity contribution in [2.24, 2.45) is 0 Å². The Morgan fingerprint density at radius 3 is 2.42 bits per heavy atom. The maximum absolute atomic E-state index is 13.7. The summed E-state index contributed by atoms with van der Waals surface area (Å²) in [4.78, 5) is 25.1. The molecule has 0 saturated heterocycles. The first kappa shape index (κ1) is 18.0. The molecule has 5 heteroatoms. The summed E-state index contributed by atoms with van der Waals surface area (Å²) in [5.74, 6) is -1.16. The molecular weight excluding hydrogens is 397 g/mol. The number of amides is 1. The number of carbonyl (C=O) groups is 2. The molecule has 0 aliphatic rings. The quantitative estimate of drug-likeness (QED) is 0.581. The second-order valence-electron chi connectivity index (χ2n) is 5.74. The highest BCUT2D eigenvalue weighted by molar-refractivity contribution is 9.10. The molecule has 0 saturated carbocycles. The number of hydrogen-bond donors (Lipinski definition) is 1. The summed E-state index contributed by atoms with van der Waals surface area (Å²) in [6.07, 6.45) is 0.129. The molecule has 0 aliphatic carbocycles. The molecule has 0 bridgehead atoms. The van der Waals surface area contributed by atoms with Gasteiger partial charge in [-0.25, -0.2) is 4.39 Å². The summed E-state index contributed by atoms with van der Waals surface area (Å²) in [5.41, 5.74) is 1.70. The Bertz CT molecular complexity index is 957. The van der Waals surface area contributed by atoms with Crippen LogP contribution < -0.4 is 5.32 Å². The van der Waals surface area contributed by atoms with Crippen LogP contribution in [0.1, 0.15) is 26.3 Å². The number of hydrogen-bond acceptors (Lipinski definition) is 2. The zero-order valence-corrected chi connectivity index (χ0v) is 15.3. The first-order valence-corrected chi connectivity index (χ1v) is 8.76. The number of Topliss-reactive ketones (excluding diaryl/α,β-unsaturated/α-hetero) is 1. The van der Waals surface area contributed by atoms with Crippen molar-refractivity contribution < 1.29 is 14.0 Å². The molecule has 0 spiro atoms. The van der Waals surface area contributed by atoms with Crippen molar-refractivity contribution in [3.05, 3.63) is 99.8 Å². The van der Waals surface area contributed by atoms with E-state index in [4.69, 9.17) is 0 Å². The molecule has 3 nitrogen and oxygen atoms in total. The molecular formula is C21H15BrFNO2. The molecule has 0 radical (unpaired) electrons. The minimum absolute atomic E-state index is 0.129. The van der Waals surface area contributed by atoms with Crippen LogP contribution in [-0.2, 0) is 6.42 Å². The molecule has 3 rings (SSSR count). The Balaban J connectivity index is 1.86. The lowest BCUT2D eigenvalue weighted by atomic mass is 10.0. The molecule has 0 unspecified atom stereocenters. The number of nitrogens with one attached hydrogen (secondary N) is 1. The summed E-state index contributed by atoms with van der Waals surface area (Å²) in [5, 5.41) is 2.70. The fourth-order valence-corrected chi connectivity index (χ4v) is 2.96. The molecule has 0 atom stereocenters. The van der Waals surface area contributed by atoms with Crippen molar-refractivity contribution in [2.45, 2.75) is 6.42 Å². The molecule has 0 aromatic heterocycles. The minimum atomic E-state index is -0.526. The van der Waals surface area contributed by atoms with Crippen LogP contribution in [0.4, 0.5) is 10.1 Å². The van der Waals surface area contributed by atoms with Gasteiger partial charge in [-0.2, -0.15) is 0 Å². The SMILES string of the molecule is O=C(Nc1ccc(F)cc1C(=O)Cc1ccccc1)c1cccc(Br)c1.